The van der Waals surface area contributed by atoms with Crippen molar-refractivity contribution in [2.45, 2.75) is 32.7 Å². The van der Waals surface area contributed by atoms with Crippen LogP contribution in [0.15, 0.2) is 12.1 Å². The summed E-state index contributed by atoms with van der Waals surface area (Å²) in [5.74, 6) is -0.600. The molecule has 0 aliphatic carbocycles. The summed E-state index contributed by atoms with van der Waals surface area (Å²) in [6, 6.07) is 2.56. The van der Waals surface area contributed by atoms with Crippen molar-refractivity contribution in [2.24, 2.45) is 5.92 Å². The van der Waals surface area contributed by atoms with Crippen LogP contribution >= 0.6 is 0 Å². The van der Waals surface area contributed by atoms with Gasteiger partial charge in [-0.2, -0.15) is 0 Å². The summed E-state index contributed by atoms with van der Waals surface area (Å²) in [5.41, 5.74) is 1.07. The highest BCUT2D eigenvalue weighted by atomic mass is 19.1. The lowest BCUT2D eigenvalue weighted by Gasteiger charge is -2.31. The first-order valence-electron chi connectivity index (χ1n) is 6.90. The van der Waals surface area contributed by atoms with Crippen molar-refractivity contribution in [3.8, 4) is 0 Å². The van der Waals surface area contributed by atoms with Crippen molar-refractivity contribution in [3.05, 3.63) is 34.9 Å². The smallest absolute Gasteiger partial charge is 0.130 e. The van der Waals surface area contributed by atoms with Gasteiger partial charge in [-0.15, -0.1) is 0 Å². The Hall–Kier alpha value is -1.00. The number of rotatable bonds is 4. The zero-order valence-corrected chi connectivity index (χ0v) is 11.5. The molecule has 2 rings (SSSR count). The van der Waals surface area contributed by atoms with Gasteiger partial charge in [-0.1, -0.05) is 6.92 Å². The van der Waals surface area contributed by atoms with E-state index in [0.29, 0.717) is 30.3 Å². The van der Waals surface area contributed by atoms with E-state index in [2.05, 4.69) is 5.32 Å². The van der Waals surface area contributed by atoms with Crippen molar-refractivity contribution in [3.63, 3.8) is 0 Å². The van der Waals surface area contributed by atoms with Crippen LogP contribution in [0.5, 0.6) is 0 Å². The van der Waals surface area contributed by atoms with Crippen LogP contribution in [0.2, 0.25) is 0 Å². The third kappa shape index (κ3) is 3.31. The molecular weight excluding hydrogens is 248 g/mol. The van der Waals surface area contributed by atoms with Crippen LogP contribution in [0.4, 0.5) is 8.78 Å². The molecule has 0 radical (unpaired) electrons. The normalized spacial score (nSPS) is 18.5. The summed E-state index contributed by atoms with van der Waals surface area (Å²) in [5, 5.41) is 3.34. The molecule has 1 fully saturated rings. The number of hydrogen-bond acceptors (Lipinski definition) is 2. The highest BCUT2D eigenvalue weighted by Gasteiger charge is 2.27. The number of benzene rings is 1. The fourth-order valence-corrected chi connectivity index (χ4v) is 2.72. The molecule has 1 N–H and O–H groups in total. The first-order valence-corrected chi connectivity index (χ1v) is 6.90. The molecule has 1 aromatic rings. The minimum absolute atomic E-state index is 0.0619. The molecule has 1 aliphatic rings. The van der Waals surface area contributed by atoms with Crippen molar-refractivity contribution >= 4 is 0 Å². The standard InChI is InChI=1S/C15H21F2NO/c1-3-18-15(11-4-6-19-7-5-11)12-8-10(2)13(16)9-14(12)17/h8-9,11,15,18H,3-7H2,1-2H3. The summed E-state index contributed by atoms with van der Waals surface area (Å²) >= 11 is 0. The fraction of sp³-hybridized carbons (Fsp3) is 0.600. The molecule has 106 valence electrons. The predicted molar refractivity (Wildman–Crippen MR) is 71.1 cm³/mol. The Morgan fingerprint density at radius 2 is 1.95 bits per heavy atom. The van der Waals surface area contributed by atoms with Crippen LogP contribution in [-0.2, 0) is 4.74 Å². The third-order valence-corrected chi connectivity index (χ3v) is 3.77. The molecule has 0 spiro atoms. The number of halogens is 2. The predicted octanol–water partition coefficient (Wildman–Crippen LogP) is 3.35. The quantitative estimate of drug-likeness (QED) is 0.905. The Balaban J connectivity index is 2.29. The van der Waals surface area contributed by atoms with Gasteiger partial charge in [0.2, 0.25) is 0 Å². The molecule has 1 saturated heterocycles. The fourth-order valence-electron chi connectivity index (χ4n) is 2.72. The lowest BCUT2D eigenvalue weighted by molar-refractivity contribution is 0.0533. The average Bonchev–Trinajstić information content (AvgIpc) is 2.42. The maximum Gasteiger partial charge on any atom is 0.130 e. The van der Waals surface area contributed by atoms with Crippen LogP contribution in [0.1, 0.15) is 36.9 Å². The van der Waals surface area contributed by atoms with Crippen LogP contribution in [0, 0.1) is 24.5 Å². The zero-order valence-electron chi connectivity index (χ0n) is 11.5. The third-order valence-electron chi connectivity index (χ3n) is 3.77. The monoisotopic (exact) mass is 269 g/mol. The van der Waals surface area contributed by atoms with E-state index in [-0.39, 0.29) is 6.04 Å². The van der Waals surface area contributed by atoms with Crippen molar-refractivity contribution in [1.29, 1.82) is 0 Å². The number of nitrogens with one attached hydrogen (secondary N) is 1. The Morgan fingerprint density at radius 1 is 1.26 bits per heavy atom. The summed E-state index contributed by atoms with van der Waals surface area (Å²) < 4.78 is 32.8. The molecule has 0 amide bonds. The maximum atomic E-state index is 14.0. The van der Waals surface area contributed by atoms with Crippen LogP contribution < -0.4 is 5.32 Å². The molecule has 1 unspecified atom stereocenters. The molecule has 0 saturated carbocycles. The largest absolute Gasteiger partial charge is 0.381 e. The van der Waals surface area contributed by atoms with E-state index in [1.165, 1.54) is 0 Å². The lowest BCUT2D eigenvalue weighted by atomic mass is 9.86. The average molecular weight is 269 g/mol. The van der Waals surface area contributed by atoms with Gasteiger partial charge in [-0.05, 0) is 43.9 Å². The van der Waals surface area contributed by atoms with Gasteiger partial charge in [0, 0.05) is 30.9 Å². The first kappa shape index (κ1) is 14.4. The number of ether oxygens (including phenoxy) is 1. The molecule has 0 bridgehead atoms. The van der Waals surface area contributed by atoms with Crippen LogP contribution in [0.25, 0.3) is 0 Å². The Morgan fingerprint density at radius 3 is 2.58 bits per heavy atom. The molecule has 2 nitrogen and oxygen atoms in total. The van der Waals surface area contributed by atoms with E-state index < -0.39 is 11.6 Å². The molecule has 19 heavy (non-hydrogen) atoms. The van der Waals surface area contributed by atoms with Crippen LogP contribution in [-0.4, -0.2) is 19.8 Å². The Bertz CT molecular complexity index is 430. The van der Waals surface area contributed by atoms with Gasteiger partial charge in [0.25, 0.3) is 0 Å². The van der Waals surface area contributed by atoms with Gasteiger partial charge in [-0.25, -0.2) is 8.78 Å². The van der Waals surface area contributed by atoms with Gasteiger partial charge in [0.05, 0.1) is 0 Å². The SMILES string of the molecule is CCNC(c1cc(C)c(F)cc1F)C1CCOCC1. The van der Waals surface area contributed by atoms with E-state index in [1.807, 2.05) is 6.92 Å². The minimum atomic E-state index is -0.483. The topological polar surface area (TPSA) is 21.3 Å². The second kappa shape index (κ2) is 6.44. The molecule has 1 heterocycles. The van der Waals surface area contributed by atoms with Gasteiger partial charge in [0.1, 0.15) is 11.6 Å². The molecule has 1 aromatic carbocycles. The van der Waals surface area contributed by atoms with E-state index >= 15 is 0 Å². The highest BCUT2D eigenvalue weighted by Crippen LogP contribution is 2.32. The van der Waals surface area contributed by atoms with E-state index in [1.54, 1.807) is 13.0 Å². The molecule has 1 atom stereocenters. The lowest BCUT2D eigenvalue weighted by Crippen LogP contribution is -2.32. The van der Waals surface area contributed by atoms with E-state index in [4.69, 9.17) is 4.74 Å². The second-order valence-electron chi connectivity index (χ2n) is 5.11. The van der Waals surface area contributed by atoms with Crippen molar-refractivity contribution in [2.75, 3.05) is 19.8 Å². The molecule has 1 aliphatic heterocycles. The van der Waals surface area contributed by atoms with Gasteiger partial charge in [-0.3, -0.25) is 0 Å². The number of aryl methyl sites for hydroxylation is 1. The Kier molecular flexibility index (Phi) is 4.88. The number of hydrogen-bond donors (Lipinski definition) is 1. The minimum Gasteiger partial charge on any atom is -0.381 e. The van der Waals surface area contributed by atoms with Gasteiger partial charge < -0.3 is 10.1 Å². The van der Waals surface area contributed by atoms with Crippen molar-refractivity contribution in [1.82, 2.24) is 5.32 Å². The van der Waals surface area contributed by atoms with E-state index in [9.17, 15) is 8.78 Å². The summed E-state index contributed by atoms with van der Waals surface area (Å²) in [6.07, 6.45) is 1.82. The van der Waals surface area contributed by atoms with Gasteiger partial charge in [0.15, 0.2) is 0 Å². The molecule has 0 aromatic heterocycles. The maximum absolute atomic E-state index is 14.0. The van der Waals surface area contributed by atoms with Crippen molar-refractivity contribution < 1.29 is 13.5 Å². The summed E-state index contributed by atoms with van der Waals surface area (Å²) in [4.78, 5) is 0. The van der Waals surface area contributed by atoms with Gasteiger partial charge >= 0.3 is 0 Å². The molecular formula is C15H21F2NO. The first-order chi connectivity index (χ1) is 9.13. The van der Waals surface area contributed by atoms with E-state index in [0.717, 1.165) is 25.5 Å². The summed E-state index contributed by atoms with van der Waals surface area (Å²) in [7, 11) is 0. The zero-order chi connectivity index (χ0) is 13.8. The Labute approximate surface area is 113 Å². The summed E-state index contributed by atoms with van der Waals surface area (Å²) in [6.45, 7) is 5.87. The highest BCUT2D eigenvalue weighted by molar-refractivity contribution is 5.29. The second-order valence-corrected chi connectivity index (χ2v) is 5.11. The molecule has 4 heteroatoms. The van der Waals surface area contributed by atoms with Crippen LogP contribution in [0.3, 0.4) is 0 Å².